The average Bonchev–Trinajstić information content (AvgIpc) is 3.53. The number of nitrogens with one attached hydrogen (secondary N) is 1. The van der Waals surface area contributed by atoms with E-state index in [1.54, 1.807) is 30.4 Å². The topological polar surface area (TPSA) is 101 Å². The summed E-state index contributed by atoms with van der Waals surface area (Å²) < 4.78 is 12.6. The van der Waals surface area contributed by atoms with Crippen molar-refractivity contribution in [1.29, 1.82) is 5.26 Å². The number of carbonyl (C=O) groups is 2. The van der Waals surface area contributed by atoms with Gasteiger partial charge in [0.1, 0.15) is 23.2 Å². The molecule has 3 aromatic rings. The van der Waals surface area contributed by atoms with Crippen LogP contribution in [0.4, 0.5) is 0 Å². The molecule has 0 spiro atoms. The van der Waals surface area contributed by atoms with Gasteiger partial charge in [0.2, 0.25) is 5.91 Å². The van der Waals surface area contributed by atoms with Crippen molar-refractivity contribution in [2.75, 3.05) is 20.2 Å². The summed E-state index contributed by atoms with van der Waals surface area (Å²) in [5.41, 5.74) is 3.81. The van der Waals surface area contributed by atoms with Crippen molar-refractivity contribution in [2.24, 2.45) is 5.92 Å². The molecule has 1 aliphatic rings. The molecular formula is C28H30N4O4. The van der Waals surface area contributed by atoms with Crippen LogP contribution < -0.4 is 10.1 Å². The molecule has 36 heavy (non-hydrogen) atoms. The second kappa shape index (κ2) is 11.0. The number of ether oxygens (including phenoxy) is 1. The first-order valence-corrected chi connectivity index (χ1v) is 12.0. The Labute approximate surface area is 210 Å². The zero-order valence-electron chi connectivity index (χ0n) is 20.8. The maximum atomic E-state index is 13.1. The predicted octanol–water partition coefficient (Wildman–Crippen LogP) is 4.16. The monoisotopic (exact) mass is 486 g/mol. The fourth-order valence-corrected chi connectivity index (χ4v) is 4.61. The predicted molar refractivity (Wildman–Crippen MR) is 135 cm³/mol. The van der Waals surface area contributed by atoms with E-state index in [2.05, 4.69) is 16.0 Å². The molecule has 0 aliphatic carbocycles. The normalized spacial score (nSPS) is 14.4. The number of rotatable bonds is 7. The summed E-state index contributed by atoms with van der Waals surface area (Å²) in [5.74, 6) is 0.965. The second-order valence-electron chi connectivity index (χ2n) is 8.89. The van der Waals surface area contributed by atoms with Crippen LogP contribution in [0.5, 0.6) is 5.75 Å². The Bertz CT molecular complexity index is 1290. The summed E-state index contributed by atoms with van der Waals surface area (Å²) >= 11 is 0. The van der Waals surface area contributed by atoms with E-state index in [4.69, 9.17) is 9.15 Å². The number of methoxy groups -OCH3 is 1. The summed E-state index contributed by atoms with van der Waals surface area (Å²) in [6.45, 7) is 5.17. The van der Waals surface area contributed by atoms with Crippen molar-refractivity contribution < 1.29 is 18.7 Å². The van der Waals surface area contributed by atoms with Crippen LogP contribution in [0.2, 0.25) is 0 Å². The van der Waals surface area contributed by atoms with Crippen molar-refractivity contribution in [1.82, 2.24) is 14.8 Å². The quantitative estimate of drug-likeness (QED) is 0.399. The van der Waals surface area contributed by atoms with Crippen LogP contribution in [0.3, 0.4) is 0 Å². The molecule has 4 rings (SSSR count). The van der Waals surface area contributed by atoms with Crippen molar-refractivity contribution in [2.45, 2.75) is 33.2 Å². The molecule has 1 aromatic carbocycles. The molecule has 1 saturated heterocycles. The second-order valence-corrected chi connectivity index (χ2v) is 8.89. The number of aromatic nitrogens is 1. The molecule has 1 N–H and O–H groups in total. The van der Waals surface area contributed by atoms with Gasteiger partial charge in [0.15, 0.2) is 0 Å². The van der Waals surface area contributed by atoms with E-state index in [0.717, 1.165) is 28.4 Å². The first-order valence-electron chi connectivity index (χ1n) is 12.0. The SMILES string of the molecule is COc1ccc(-n2c(C)cc(/C=C(/C#N)C(=O)N3CCC(C(=O)NCc4ccco4)CC3)c2C)cc1. The lowest BCUT2D eigenvalue weighted by Crippen LogP contribution is -2.43. The van der Waals surface area contributed by atoms with E-state index in [1.807, 2.05) is 50.2 Å². The lowest BCUT2D eigenvalue weighted by atomic mass is 9.95. The Hall–Kier alpha value is -4.25. The van der Waals surface area contributed by atoms with E-state index in [-0.39, 0.29) is 23.3 Å². The smallest absolute Gasteiger partial charge is 0.264 e. The number of amides is 2. The van der Waals surface area contributed by atoms with E-state index in [9.17, 15) is 14.9 Å². The minimum atomic E-state index is -0.304. The van der Waals surface area contributed by atoms with Gasteiger partial charge < -0.3 is 23.9 Å². The Morgan fingerprint density at radius 1 is 1.19 bits per heavy atom. The van der Waals surface area contributed by atoms with Crippen molar-refractivity contribution in [3.05, 3.63) is 77.0 Å². The largest absolute Gasteiger partial charge is 0.497 e. The number of nitrogens with zero attached hydrogens (tertiary/aromatic N) is 3. The number of hydrogen-bond acceptors (Lipinski definition) is 5. The van der Waals surface area contributed by atoms with Crippen LogP contribution in [-0.2, 0) is 16.1 Å². The molecule has 0 saturated carbocycles. The number of hydrogen-bond donors (Lipinski definition) is 1. The highest BCUT2D eigenvalue weighted by atomic mass is 16.5. The number of likely N-dealkylation sites (tertiary alicyclic amines) is 1. The van der Waals surface area contributed by atoms with Gasteiger partial charge in [-0.25, -0.2) is 0 Å². The number of carbonyl (C=O) groups excluding carboxylic acids is 2. The van der Waals surface area contributed by atoms with Crippen molar-refractivity contribution in [3.8, 4) is 17.5 Å². The lowest BCUT2D eigenvalue weighted by molar-refractivity contribution is -0.132. The molecule has 186 valence electrons. The number of furan rings is 1. The third-order valence-corrected chi connectivity index (χ3v) is 6.62. The fraction of sp³-hybridized carbons (Fsp3) is 0.321. The molecule has 1 aliphatic heterocycles. The molecule has 0 radical (unpaired) electrons. The molecular weight excluding hydrogens is 456 g/mol. The van der Waals surface area contributed by atoms with Gasteiger partial charge in [-0.15, -0.1) is 0 Å². The van der Waals surface area contributed by atoms with Gasteiger partial charge in [0.05, 0.1) is 19.9 Å². The summed E-state index contributed by atoms with van der Waals surface area (Å²) in [6, 6.07) is 15.4. The fourth-order valence-electron chi connectivity index (χ4n) is 4.61. The molecule has 0 unspecified atom stereocenters. The highest BCUT2D eigenvalue weighted by Gasteiger charge is 2.29. The van der Waals surface area contributed by atoms with E-state index < -0.39 is 0 Å². The zero-order valence-corrected chi connectivity index (χ0v) is 20.8. The molecule has 0 atom stereocenters. The molecule has 8 heteroatoms. The van der Waals surface area contributed by atoms with Crippen molar-refractivity contribution in [3.63, 3.8) is 0 Å². The maximum absolute atomic E-state index is 13.1. The molecule has 8 nitrogen and oxygen atoms in total. The molecule has 2 aromatic heterocycles. The summed E-state index contributed by atoms with van der Waals surface area (Å²) in [6.07, 6.45) is 4.34. The number of aryl methyl sites for hydroxylation is 1. The van der Waals surface area contributed by atoms with Crippen molar-refractivity contribution >= 4 is 17.9 Å². The van der Waals surface area contributed by atoms with Crippen LogP contribution in [0.1, 0.15) is 35.6 Å². The summed E-state index contributed by atoms with van der Waals surface area (Å²) in [7, 11) is 1.63. The highest BCUT2D eigenvalue weighted by Crippen LogP contribution is 2.25. The van der Waals surface area contributed by atoms with E-state index in [1.165, 1.54) is 0 Å². The number of benzene rings is 1. The first kappa shape index (κ1) is 24.9. The lowest BCUT2D eigenvalue weighted by Gasteiger charge is -2.31. The molecule has 0 bridgehead atoms. The van der Waals surface area contributed by atoms with Gasteiger partial charge in [-0.05, 0) is 80.8 Å². The Morgan fingerprint density at radius 3 is 2.53 bits per heavy atom. The average molecular weight is 487 g/mol. The first-order chi connectivity index (χ1) is 17.4. The minimum Gasteiger partial charge on any atom is -0.497 e. The Balaban J connectivity index is 1.42. The van der Waals surface area contributed by atoms with Crippen LogP contribution in [0, 0.1) is 31.1 Å². The highest BCUT2D eigenvalue weighted by molar-refractivity contribution is 6.02. The Morgan fingerprint density at radius 2 is 1.92 bits per heavy atom. The van der Waals surface area contributed by atoms with Crippen LogP contribution in [-0.4, -0.2) is 41.5 Å². The van der Waals surface area contributed by atoms with Crippen LogP contribution in [0.25, 0.3) is 11.8 Å². The summed E-state index contributed by atoms with van der Waals surface area (Å²) in [5, 5.41) is 12.7. The zero-order chi connectivity index (χ0) is 25.7. The van der Waals surface area contributed by atoms with Gasteiger partial charge in [-0.3, -0.25) is 9.59 Å². The number of nitriles is 1. The third-order valence-electron chi connectivity index (χ3n) is 6.62. The maximum Gasteiger partial charge on any atom is 0.264 e. The molecule has 1 fully saturated rings. The van der Waals surface area contributed by atoms with Gasteiger partial charge >= 0.3 is 0 Å². The van der Waals surface area contributed by atoms with Crippen LogP contribution in [0.15, 0.2) is 58.7 Å². The van der Waals surface area contributed by atoms with Gasteiger partial charge in [-0.1, -0.05) is 0 Å². The van der Waals surface area contributed by atoms with Gasteiger partial charge in [-0.2, -0.15) is 5.26 Å². The van der Waals surface area contributed by atoms with Gasteiger partial charge in [0.25, 0.3) is 5.91 Å². The molecule has 3 heterocycles. The summed E-state index contributed by atoms with van der Waals surface area (Å²) in [4.78, 5) is 27.3. The minimum absolute atomic E-state index is 0.0412. The standard InChI is InChI=1S/C28H30N4O4/c1-19-15-22(20(2)32(19)24-6-8-25(35-3)9-7-24)16-23(17-29)28(34)31-12-10-21(11-13-31)27(33)30-18-26-5-4-14-36-26/h4-9,14-16,21H,10-13,18H2,1-3H3,(H,30,33)/b23-16-. The van der Waals surface area contributed by atoms with E-state index >= 15 is 0 Å². The van der Waals surface area contributed by atoms with Crippen LogP contribution >= 0.6 is 0 Å². The Kier molecular flexibility index (Phi) is 7.59. The number of piperidine rings is 1. The van der Waals surface area contributed by atoms with Gasteiger partial charge in [0, 0.05) is 36.1 Å². The molecule has 2 amide bonds. The third kappa shape index (κ3) is 5.36. The van der Waals surface area contributed by atoms with E-state index in [0.29, 0.717) is 38.2 Å².